The lowest BCUT2D eigenvalue weighted by atomic mass is 10.1. The maximum atomic E-state index is 5.92. The van der Waals surface area contributed by atoms with E-state index in [0.29, 0.717) is 6.61 Å². The molecule has 8 nitrogen and oxygen atoms in total. The van der Waals surface area contributed by atoms with E-state index in [1.807, 2.05) is 42.9 Å². The fourth-order valence-electron chi connectivity index (χ4n) is 3.46. The highest BCUT2D eigenvalue weighted by Crippen LogP contribution is 2.21. The minimum Gasteiger partial charge on any atom is -0.370 e. The molecule has 2 aromatic heterocycles. The summed E-state index contributed by atoms with van der Waals surface area (Å²) in [5.74, 6) is 0.918. The van der Waals surface area contributed by atoms with Crippen LogP contribution < -0.4 is 5.32 Å². The third-order valence-corrected chi connectivity index (χ3v) is 4.99. The number of nitrogens with zero attached hydrogens (tertiary/aromatic N) is 6. The van der Waals surface area contributed by atoms with Gasteiger partial charge in [0, 0.05) is 51.7 Å². The SMILES string of the molecule is CN=C(NCCc1c(C)nn(C)c1C)N1CCOC(c2cnn(C)c2)C1. The lowest BCUT2D eigenvalue weighted by molar-refractivity contribution is -0.00800. The van der Waals surface area contributed by atoms with Crippen LogP contribution in [0.5, 0.6) is 0 Å². The Morgan fingerprint density at radius 3 is 2.81 bits per heavy atom. The topological polar surface area (TPSA) is 72.5 Å². The van der Waals surface area contributed by atoms with Gasteiger partial charge in [-0.2, -0.15) is 10.2 Å². The summed E-state index contributed by atoms with van der Waals surface area (Å²) < 4.78 is 9.67. The Balaban J connectivity index is 1.58. The van der Waals surface area contributed by atoms with Crippen molar-refractivity contribution < 1.29 is 4.74 Å². The van der Waals surface area contributed by atoms with Crippen molar-refractivity contribution in [1.29, 1.82) is 0 Å². The second-order valence-corrected chi connectivity index (χ2v) is 6.75. The van der Waals surface area contributed by atoms with Crippen molar-refractivity contribution in [1.82, 2.24) is 29.8 Å². The van der Waals surface area contributed by atoms with Crippen LogP contribution in [-0.2, 0) is 25.3 Å². The highest BCUT2D eigenvalue weighted by Gasteiger charge is 2.25. The Hall–Kier alpha value is -2.35. The molecule has 0 spiro atoms. The highest BCUT2D eigenvalue weighted by atomic mass is 16.5. The molecule has 26 heavy (non-hydrogen) atoms. The van der Waals surface area contributed by atoms with Crippen LogP contribution in [0.25, 0.3) is 0 Å². The molecule has 1 atom stereocenters. The fourth-order valence-corrected chi connectivity index (χ4v) is 3.46. The molecule has 3 heterocycles. The molecule has 1 aliphatic rings. The molecule has 1 N–H and O–H groups in total. The molecule has 0 amide bonds. The van der Waals surface area contributed by atoms with E-state index in [1.54, 1.807) is 0 Å². The lowest BCUT2D eigenvalue weighted by Crippen LogP contribution is -2.48. The van der Waals surface area contributed by atoms with E-state index in [4.69, 9.17) is 4.74 Å². The van der Waals surface area contributed by atoms with Gasteiger partial charge in [0.2, 0.25) is 0 Å². The highest BCUT2D eigenvalue weighted by molar-refractivity contribution is 5.80. The first-order valence-corrected chi connectivity index (χ1v) is 9.04. The molecule has 0 radical (unpaired) electrons. The van der Waals surface area contributed by atoms with Crippen molar-refractivity contribution in [3.63, 3.8) is 0 Å². The minimum absolute atomic E-state index is 0.0267. The molecule has 0 bridgehead atoms. The van der Waals surface area contributed by atoms with Crippen molar-refractivity contribution in [3.8, 4) is 0 Å². The largest absolute Gasteiger partial charge is 0.370 e. The predicted molar refractivity (Wildman–Crippen MR) is 101 cm³/mol. The zero-order valence-corrected chi connectivity index (χ0v) is 16.4. The molecule has 1 aliphatic heterocycles. The van der Waals surface area contributed by atoms with Gasteiger partial charge >= 0.3 is 0 Å². The van der Waals surface area contributed by atoms with Crippen LogP contribution in [0.1, 0.15) is 28.6 Å². The number of rotatable bonds is 4. The van der Waals surface area contributed by atoms with E-state index in [2.05, 4.69) is 39.3 Å². The first kappa shape index (κ1) is 18.4. The summed E-state index contributed by atoms with van der Waals surface area (Å²) in [4.78, 5) is 6.71. The Kier molecular flexibility index (Phi) is 5.61. The van der Waals surface area contributed by atoms with Crippen LogP contribution in [0.3, 0.4) is 0 Å². The van der Waals surface area contributed by atoms with Gasteiger partial charge < -0.3 is 15.0 Å². The number of guanidine groups is 1. The van der Waals surface area contributed by atoms with Gasteiger partial charge in [-0.15, -0.1) is 0 Å². The van der Waals surface area contributed by atoms with E-state index in [-0.39, 0.29) is 6.10 Å². The predicted octanol–water partition coefficient (Wildman–Crippen LogP) is 0.962. The van der Waals surface area contributed by atoms with Crippen molar-refractivity contribution in [2.24, 2.45) is 19.1 Å². The first-order chi connectivity index (χ1) is 12.5. The zero-order valence-electron chi connectivity index (χ0n) is 16.4. The van der Waals surface area contributed by atoms with Gasteiger partial charge in [-0.25, -0.2) is 0 Å². The number of ether oxygens (including phenoxy) is 1. The minimum atomic E-state index is 0.0267. The lowest BCUT2D eigenvalue weighted by Gasteiger charge is -2.34. The van der Waals surface area contributed by atoms with Crippen LogP contribution >= 0.6 is 0 Å². The molecule has 0 aromatic carbocycles. The molecule has 3 rings (SSSR count). The Bertz CT molecular complexity index is 777. The van der Waals surface area contributed by atoms with E-state index in [0.717, 1.165) is 43.3 Å². The maximum Gasteiger partial charge on any atom is 0.193 e. The number of aromatic nitrogens is 4. The molecular weight excluding hydrogens is 330 g/mol. The van der Waals surface area contributed by atoms with Crippen molar-refractivity contribution in [2.45, 2.75) is 26.4 Å². The van der Waals surface area contributed by atoms with E-state index in [1.165, 1.54) is 11.3 Å². The summed E-state index contributed by atoms with van der Waals surface area (Å²) in [6.45, 7) is 7.30. The molecule has 142 valence electrons. The van der Waals surface area contributed by atoms with Crippen LogP contribution in [0.15, 0.2) is 17.4 Å². The summed E-state index contributed by atoms with van der Waals surface area (Å²) >= 11 is 0. The van der Waals surface area contributed by atoms with E-state index >= 15 is 0 Å². The molecule has 1 fully saturated rings. The first-order valence-electron chi connectivity index (χ1n) is 9.04. The molecule has 0 saturated carbocycles. The summed E-state index contributed by atoms with van der Waals surface area (Å²) in [6.07, 6.45) is 4.84. The van der Waals surface area contributed by atoms with Crippen LogP contribution in [0.4, 0.5) is 0 Å². The third kappa shape index (κ3) is 3.90. The van der Waals surface area contributed by atoms with Crippen LogP contribution in [0.2, 0.25) is 0 Å². The van der Waals surface area contributed by atoms with Gasteiger partial charge in [0.15, 0.2) is 5.96 Å². The summed E-state index contributed by atoms with van der Waals surface area (Å²) in [5, 5.41) is 12.2. The average Bonchev–Trinajstić information content (AvgIpc) is 3.17. The summed E-state index contributed by atoms with van der Waals surface area (Å²) in [6, 6.07) is 0. The Morgan fingerprint density at radius 1 is 1.38 bits per heavy atom. The van der Waals surface area contributed by atoms with Crippen LogP contribution in [0, 0.1) is 13.8 Å². The van der Waals surface area contributed by atoms with E-state index in [9.17, 15) is 0 Å². The van der Waals surface area contributed by atoms with Gasteiger partial charge in [0.05, 0.1) is 25.0 Å². The quantitative estimate of drug-likeness (QED) is 0.650. The van der Waals surface area contributed by atoms with Gasteiger partial charge in [0.1, 0.15) is 6.10 Å². The van der Waals surface area contributed by atoms with E-state index < -0.39 is 0 Å². The maximum absolute atomic E-state index is 5.92. The van der Waals surface area contributed by atoms with Crippen molar-refractivity contribution in [2.75, 3.05) is 33.3 Å². The molecular formula is C18H29N7O. The normalized spacial score (nSPS) is 18.4. The summed E-state index contributed by atoms with van der Waals surface area (Å²) in [7, 11) is 5.74. The van der Waals surface area contributed by atoms with Crippen LogP contribution in [-0.4, -0.2) is 63.7 Å². The zero-order chi connectivity index (χ0) is 18.7. The Labute approximate surface area is 154 Å². The average molecular weight is 359 g/mol. The molecule has 0 aliphatic carbocycles. The molecule has 1 saturated heterocycles. The number of hydrogen-bond donors (Lipinski definition) is 1. The standard InChI is InChI=1S/C18H29N7O/c1-13-16(14(2)24(5)22-13)6-7-20-18(19-3)25-8-9-26-17(12-25)15-10-21-23(4)11-15/h10-11,17H,6-9,12H2,1-5H3,(H,19,20). The monoisotopic (exact) mass is 359 g/mol. The number of hydrogen-bond acceptors (Lipinski definition) is 4. The van der Waals surface area contributed by atoms with Gasteiger partial charge in [-0.05, 0) is 25.8 Å². The number of aryl methyl sites for hydroxylation is 3. The summed E-state index contributed by atoms with van der Waals surface area (Å²) in [5.41, 5.74) is 4.74. The number of nitrogens with one attached hydrogen (secondary N) is 1. The molecule has 1 unspecified atom stereocenters. The number of aliphatic imine (C=N–C) groups is 1. The third-order valence-electron chi connectivity index (χ3n) is 4.99. The second-order valence-electron chi connectivity index (χ2n) is 6.75. The smallest absolute Gasteiger partial charge is 0.193 e. The molecule has 8 heteroatoms. The second kappa shape index (κ2) is 7.90. The Morgan fingerprint density at radius 2 is 2.19 bits per heavy atom. The van der Waals surface area contributed by atoms with Crippen molar-refractivity contribution in [3.05, 3.63) is 34.9 Å². The molecule has 2 aromatic rings. The van der Waals surface area contributed by atoms with Crippen molar-refractivity contribution >= 4 is 5.96 Å². The number of morpholine rings is 1. The van der Waals surface area contributed by atoms with Gasteiger partial charge in [-0.3, -0.25) is 14.4 Å². The fraction of sp³-hybridized carbons (Fsp3) is 0.611. The van der Waals surface area contributed by atoms with Gasteiger partial charge in [0.25, 0.3) is 0 Å². The van der Waals surface area contributed by atoms with Gasteiger partial charge in [-0.1, -0.05) is 0 Å².